The summed E-state index contributed by atoms with van der Waals surface area (Å²) in [7, 11) is 0. The van der Waals surface area contributed by atoms with Crippen LogP contribution in [0.25, 0.3) is 10.6 Å². The number of carbonyl (C=O) groups excluding carboxylic acids is 2. The van der Waals surface area contributed by atoms with Crippen LogP contribution in [0.15, 0.2) is 27.6 Å². The second-order valence-electron chi connectivity index (χ2n) is 4.84. The Morgan fingerprint density at radius 1 is 1.21 bits per heavy atom. The van der Waals surface area contributed by atoms with Gasteiger partial charge in [0.1, 0.15) is 5.01 Å². The predicted molar refractivity (Wildman–Crippen MR) is 95.6 cm³/mol. The van der Waals surface area contributed by atoms with E-state index in [1.807, 2.05) is 34.5 Å². The molecule has 6 nitrogen and oxygen atoms in total. The summed E-state index contributed by atoms with van der Waals surface area (Å²) in [5, 5.41) is 11.6. The van der Waals surface area contributed by atoms with Crippen LogP contribution in [0.4, 0.5) is 5.13 Å². The van der Waals surface area contributed by atoms with E-state index < -0.39 is 11.9 Å². The minimum Gasteiger partial charge on any atom is -0.455 e. The second kappa shape index (κ2) is 7.65. The van der Waals surface area contributed by atoms with Crippen LogP contribution in [0, 0.1) is 6.92 Å². The van der Waals surface area contributed by atoms with Crippen molar-refractivity contribution in [3.8, 4) is 10.6 Å². The monoisotopic (exact) mass is 379 g/mol. The van der Waals surface area contributed by atoms with E-state index in [9.17, 15) is 9.59 Å². The number of aryl methyl sites for hydroxylation is 1. The van der Waals surface area contributed by atoms with Crippen molar-refractivity contribution < 1.29 is 14.3 Å². The predicted octanol–water partition coefficient (Wildman–Crippen LogP) is 3.36. The first-order valence-corrected chi connectivity index (χ1v) is 9.65. The van der Waals surface area contributed by atoms with Crippen molar-refractivity contribution >= 4 is 51.0 Å². The summed E-state index contributed by atoms with van der Waals surface area (Å²) < 4.78 is 4.98. The number of carbonyl (C=O) groups is 2. The van der Waals surface area contributed by atoms with Crippen molar-refractivity contribution in [3.63, 3.8) is 0 Å². The summed E-state index contributed by atoms with van der Waals surface area (Å²) in [6.07, 6.45) is 0.0459. The molecule has 9 heteroatoms. The Morgan fingerprint density at radius 2 is 2.08 bits per heavy atom. The van der Waals surface area contributed by atoms with Crippen LogP contribution in [0.1, 0.15) is 11.4 Å². The Hall–Kier alpha value is -2.10. The number of ether oxygens (including phenoxy) is 1. The van der Waals surface area contributed by atoms with Gasteiger partial charge < -0.3 is 4.74 Å². The van der Waals surface area contributed by atoms with Gasteiger partial charge in [-0.1, -0.05) is 0 Å². The van der Waals surface area contributed by atoms with Crippen LogP contribution in [0.3, 0.4) is 0 Å². The first-order valence-electron chi connectivity index (χ1n) is 6.95. The lowest BCUT2D eigenvalue weighted by Crippen LogP contribution is -2.21. The standard InChI is InChI=1S/C15H13N3O3S3/c1-9-6-24-15(16-9)18-12(19)5-21-13(20)4-11-8-23-14(17-11)10-2-3-22-7-10/h2-3,6-8H,4-5H2,1H3,(H,16,18,19). The highest BCUT2D eigenvalue weighted by Crippen LogP contribution is 2.25. The molecule has 0 aliphatic carbocycles. The SMILES string of the molecule is Cc1csc(NC(=O)COC(=O)Cc2csc(-c3ccsc3)n2)n1. The molecule has 0 saturated carbocycles. The van der Waals surface area contributed by atoms with Crippen molar-refractivity contribution in [1.29, 1.82) is 0 Å². The zero-order valence-electron chi connectivity index (χ0n) is 12.6. The molecule has 0 radical (unpaired) electrons. The zero-order valence-corrected chi connectivity index (χ0v) is 15.1. The Bertz CT molecular complexity index is 839. The topological polar surface area (TPSA) is 81.2 Å². The number of anilines is 1. The van der Waals surface area contributed by atoms with E-state index in [4.69, 9.17) is 4.74 Å². The van der Waals surface area contributed by atoms with Gasteiger partial charge in [0.05, 0.1) is 17.8 Å². The summed E-state index contributed by atoms with van der Waals surface area (Å²) in [5.74, 6) is -0.891. The molecule has 1 amide bonds. The highest BCUT2D eigenvalue weighted by molar-refractivity contribution is 7.14. The number of esters is 1. The molecule has 1 N–H and O–H groups in total. The van der Waals surface area contributed by atoms with E-state index in [0.29, 0.717) is 10.8 Å². The third kappa shape index (κ3) is 4.47. The molecule has 0 atom stereocenters. The van der Waals surface area contributed by atoms with Crippen molar-refractivity contribution in [1.82, 2.24) is 9.97 Å². The molecular formula is C15H13N3O3S3. The number of hydrogen-bond donors (Lipinski definition) is 1. The number of rotatable bonds is 6. The normalized spacial score (nSPS) is 10.5. The molecule has 24 heavy (non-hydrogen) atoms. The van der Waals surface area contributed by atoms with E-state index in [1.165, 1.54) is 22.7 Å². The molecular weight excluding hydrogens is 366 g/mol. The molecule has 0 spiro atoms. The minimum atomic E-state index is -0.484. The molecule has 124 valence electrons. The number of aromatic nitrogens is 2. The van der Waals surface area contributed by atoms with Gasteiger partial charge in [-0.25, -0.2) is 9.97 Å². The van der Waals surface area contributed by atoms with Gasteiger partial charge in [0, 0.05) is 21.7 Å². The lowest BCUT2D eigenvalue weighted by atomic mass is 10.3. The number of hydrogen-bond acceptors (Lipinski definition) is 8. The molecule has 0 aromatic carbocycles. The third-order valence-corrected chi connectivity index (χ3v) is 5.37. The number of amides is 1. The number of thiophene rings is 1. The van der Waals surface area contributed by atoms with Gasteiger partial charge in [-0.05, 0) is 18.4 Å². The molecule has 0 unspecified atom stereocenters. The van der Waals surface area contributed by atoms with Gasteiger partial charge in [0.2, 0.25) is 0 Å². The van der Waals surface area contributed by atoms with E-state index in [2.05, 4.69) is 15.3 Å². The molecule has 3 heterocycles. The van der Waals surface area contributed by atoms with Gasteiger partial charge in [-0.3, -0.25) is 14.9 Å². The van der Waals surface area contributed by atoms with Crippen molar-refractivity contribution in [2.45, 2.75) is 13.3 Å². The van der Waals surface area contributed by atoms with Gasteiger partial charge in [-0.15, -0.1) is 22.7 Å². The Balaban J connectivity index is 1.46. The highest BCUT2D eigenvalue weighted by atomic mass is 32.1. The first-order chi connectivity index (χ1) is 11.6. The first kappa shape index (κ1) is 16.7. The fraction of sp³-hybridized carbons (Fsp3) is 0.200. The van der Waals surface area contributed by atoms with Gasteiger partial charge >= 0.3 is 5.97 Å². The lowest BCUT2D eigenvalue weighted by Gasteiger charge is -2.03. The van der Waals surface area contributed by atoms with Gasteiger partial charge in [0.15, 0.2) is 11.7 Å². The van der Waals surface area contributed by atoms with Crippen molar-refractivity contribution in [2.75, 3.05) is 11.9 Å². The Labute approximate surface area is 150 Å². The largest absolute Gasteiger partial charge is 0.455 e. The average Bonchev–Trinajstić information content (AvgIpc) is 3.27. The van der Waals surface area contributed by atoms with Crippen LogP contribution in [-0.2, 0) is 20.7 Å². The molecule has 3 aromatic rings. The van der Waals surface area contributed by atoms with Crippen LogP contribution in [0.2, 0.25) is 0 Å². The molecule has 0 aliphatic rings. The maximum Gasteiger partial charge on any atom is 0.312 e. The third-order valence-electron chi connectivity index (χ3n) is 2.87. The highest BCUT2D eigenvalue weighted by Gasteiger charge is 2.13. The van der Waals surface area contributed by atoms with Crippen LogP contribution >= 0.6 is 34.0 Å². The van der Waals surface area contributed by atoms with Crippen LogP contribution in [0.5, 0.6) is 0 Å². The number of thiazole rings is 2. The molecule has 0 saturated heterocycles. The quantitative estimate of drug-likeness (QED) is 0.664. The van der Waals surface area contributed by atoms with Crippen LogP contribution < -0.4 is 5.32 Å². The maximum absolute atomic E-state index is 11.8. The summed E-state index contributed by atoms with van der Waals surface area (Å²) in [6.45, 7) is 1.50. The van der Waals surface area contributed by atoms with E-state index in [1.54, 1.807) is 11.3 Å². The lowest BCUT2D eigenvalue weighted by molar-refractivity contribution is -0.146. The summed E-state index contributed by atoms with van der Waals surface area (Å²) >= 11 is 4.40. The number of nitrogens with one attached hydrogen (secondary N) is 1. The molecule has 3 aromatic heterocycles. The molecule has 0 bridgehead atoms. The Kier molecular flexibility index (Phi) is 5.34. The summed E-state index contributed by atoms with van der Waals surface area (Å²) in [5.41, 5.74) is 2.52. The molecule has 0 fully saturated rings. The van der Waals surface area contributed by atoms with E-state index >= 15 is 0 Å². The minimum absolute atomic E-state index is 0.0459. The fourth-order valence-electron chi connectivity index (χ4n) is 1.82. The maximum atomic E-state index is 11.8. The van der Waals surface area contributed by atoms with Gasteiger partial charge in [-0.2, -0.15) is 11.3 Å². The Morgan fingerprint density at radius 3 is 2.79 bits per heavy atom. The smallest absolute Gasteiger partial charge is 0.312 e. The molecule has 0 aliphatic heterocycles. The number of nitrogens with zero attached hydrogens (tertiary/aromatic N) is 2. The van der Waals surface area contributed by atoms with Crippen LogP contribution in [-0.4, -0.2) is 28.5 Å². The second-order valence-corrected chi connectivity index (χ2v) is 7.33. The fourth-order valence-corrected chi connectivity index (χ4v) is 4.05. The summed E-state index contributed by atoms with van der Waals surface area (Å²) in [4.78, 5) is 32.0. The zero-order chi connectivity index (χ0) is 16.9. The van der Waals surface area contributed by atoms with E-state index in [-0.39, 0.29) is 13.0 Å². The van der Waals surface area contributed by atoms with Gasteiger partial charge in [0.25, 0.3) is 5.91 Å². The average molecular weight is 379 g/mol. The molecule has 3 rings (SSSR count). The van der Waals surface area contributed by atoms with Crippen molar-refractivity contribution in [2.24, 2.45) is 0 Å². The van der Waals surface area contributed by atoms with Crippen molar-refractivity contribution in [3.05, 3.63) is 39.0 Å². The summed E-state index contributed by atoms with van der Waals surface area (Å²) in [6, 6.07) is 1.98. The van der Waals surface area contributed by atoms with E-state index in [0.717, 1.165) is 16.3 Å².